The van der Waals surface area contributed by atoms with Gasteiger partial charge in [-0.2, -0.15) is 0 Å². The Labute approximate surface area is 127 Å². The van der Waals surface area contributed by atoms with E-state index in [1.807, 2.05) is 13.0 Å². The minimum absolute atomic E-state index is 0.0973. The van der Waals surface area contributed by atoms with E-state index >= 15 is 0 Å². The SMILES string of the molecule is CC[C@@H](O)/C=C\[C@@]12CCN(C)Cc3ccc(OC)c(c31)C2. The van der Waals surface area contributed by atoms with Crippen molar-refractivity contribution in [2.45, 2.75) is 44.2 Å². The fraction of sp³-hybridized carbons (Fsp3) is 0.556. The van der Waals surface area contributed by atoms with Crippen LogP contribution >= 0.6 is 0 Å². The van der Waals surface area contributed by atoms with E-state index in [4.69, 9.17) is 4.74 Å². The first-order chi connectivity index (χ1) is 10.1. The molecule has 0 fully saturated rings. The zero-order valence-corrected chi connectivity index (χ0v) is 13.2. The van der Waals surface area contributed by atoms with Crippen molar-refractivity contribution in [3.8, 4) is 5.75 Å². The highest BCUT2D eigenvalue weighted by molar-refractivity contribution is 5.60. The summed E-state index contributed by atoms with van der Waals surface area (Å²) >= 11 is 0. The second kappa shape index (κ2) is 5.47. The molecule has 3 rings (SSSR count). The van der Waals surface area contributed by atoms with Gasteiger partial charge in [-0.3, -0.25) is 0 Å². The van der Waals surface area contributed by atoms with E-state index in [1.165, 1.54) is 16.7 Å². The van der Waals surface area contributed by atoms with Crippen molar-refractivity contribution < 1.29 is 9.84 Å². The number of aliphatic hydroxyl groups is 1. The van der Waals surface area contributed by atoms with E-state index in [0.717, 1.165) is 38.1 Å². The number of allylic oxidation sites excluding steroid dienone is 1. The van der Waals surface area contributed by atoms with Crippen LogP contribution in [0.3, 0.4) is 0 Å². The molecule has 2 aliphatic rings. The molecule has 0 amide bonds. The second-order valence-electron chi connectivity index (χ2n) is 6.44. The first-order valence-electron chi connectivity index (χ1n) is 7.85. The van der Waals surface area contributed by atoms with E-state index in [1.54, 1.807) is 7.11 Å². The Bertz CT molecular complexity index is 567. The number of nitrogens with zero attached hydrogens (tertiary/aromatic N) is 1. The Morgan fingerprint density at radius 2 is 2.29 bits per heavy atom. The van der Waals surface area contributed by atoms with Crippen LogP contribution in [0.1, 0.15) is 36.5 Å². The molecular weight excluding hydrogens is 262 g/mol. The van der Waals surface area contributed by atoms with Gasteiger partial charge in [-0.1, -0.05) is 25.1 Å². The fourth-order valence-corrected chi connectivity index (χ4v) is 3.72. The molecule has 0 radical (unpaired) electrons. The maximum atomic E-state index is 9.87. The first-order valence-corrected chi connectivity index (χ1v) is 7.85. The molecule has 1 aliphatic heterocycles. The van der Waals surface area contributed by atoms with Crippen molar-refractivity contribution in [1.29, 1.82) is 0 Å². The van der Waals surface area contributed by atoms with E-state index < -0.39 is 0 Å². The maximum Gasteiger partial charge on any atom is 0.122 e. The van der Waals surface area contributed by atoms with Crippen molar-refractivity contribution in [2.75, 3.05) is 20.7 Å². The Morgan fingerprint density at radius 1 is 1.48 bits per heavy atom. The number of hydrogen-bond donors (Lipinski definition) is 1. The van der Waals surface area contributed by atoms with Crippen LogP contribution in [-0.2, 0) is 18.4 Å². The highest BCUT2D eigenvalue weighted by atomic mass is 16.5. The predicted molar refractivity (Wildman–Crippen MR) is 84.8 cm³/mol. The molecule has 114 valence electrons. The van der Waals surface area contributed by atoms with Crippen molar-refractivity contribution in [3.05, 3.63) is 41.0 Å². The van der Waals surface area contributed by atoms with Gasteiger partial charge in [-0.15, -0.1) is 0 Å². The average molecular weight is 287 g/mol. The fourth-order valence-electron chi connectivity index (χ4n) is 3.72. The van der Waals surface area contributed by atoms with Crippen LogP contribution < -0.4 is 4.74 Å². The normalized spacial score (nSPS) is 26.1. The first kappa shape index (κ1) is 14.6. The van der Waals surface area contributed by atoms with Gasteiger partial charge in [-0.25, -0.2) is 0 Å². The standard InChI is InChI=1S/C18H25NO2/c1-4-14(20)7-8-18-9-10-19(2)12-13-5-6-16(21-3)15(11-18)17(13)18/h5-8,14,20H,4,9-12H2,1-3H3/b8-7-/t14-,18+/m1/s1. The monoisotopic (exact) mass is 287 g/mol. The Morgan fingerprint density at radius 3 is 3.00 bits per heavy atom. The zero-order valence-electron chi connectivity index (χ0n) is 13.2. The summed E-state index contributed by atoms with van der Waals surface area (Å²) in [5, 5.41) is 9.87. The molecule has 0 unspecified atom stereocenters. The third-order valence-corrected chi connectivity index (χ3v) is 5.00. The summed E-state index contributed by atoms with van der Waals surface area (Å²) in [5.41, 5.74) is 4.32. The smallest absolute Gasteiger partial charge is 0.122 e. The summed E-state index contributed by atoms with van der Waals surface area (Å²) in [6.45, 7) is 4.10. The predicted octanol–water partition coefficient (Wildman–Crippen LogP) is 2.65. The Hall–Kier alpha value is -1.32. The Kier molecular flexibility index (Phi) is 3.80. The summed E-state index contributed by atoms with van der Waals surface area (Å²) in [6.07, 6.45) is 6.82. The van der Waals surface area contributed by atoms with Gasteiger partial charge in [0.2, 0.25) is 0 Å². The highest BCUT2D eigenvalue weighted by Crippen LogP contribution is 2.52. The lowest BCUT2D eigenvalue weighted by molar-refractivity contribution is 0.217. The van der Waals surface area contributed by atoms with Crippen molar-refractivity contribution in [2.24, 2.45) is 0 Å². The lowest BCUT2D eigenvalue weighted by atomic mass is 9.60. The molecule has 0 spiro atoms. The lowest BCUT2D eigenvalue weighted by Crippen LogP contribution is -2.39. The van der Waals surface area contributed by atoms with Gasteiger partial charge < -0.3 is 14.7 Å². The average Bonchev–Trinajstić information content (AvgIpc) is 2.58. The van der Waals surface area contributed by atoms with Crippen LogP contribution in [0, 0.1) is 0 Å². The summed E-state index contributed by atoms with van der Waals surface area (Å²) < 4.78 is 5.52. The largest absolute Gasteiger partial charge is 0.496 e. The molecule has 1 N–H and O–H groups in total. The third-order valence-electron chi connectivity index (χ3n) is 5.00. The summed E-state index contributed by atoms with van der Waals surface area (Å²) in [7, 11) is 3.93. The van der Waals surface area contributed by atoms with E-state index in [9.17, 15) is 5.11 Å². The molecule has 0 saturated heterocycles. The molecule has 1 aromatic rings. The van der Waals surface area contributed by atoms with E-state index in [-0.39, 0.29) is 11.5 Å². The van der Waals surface area contributed by atoms with Crippen LogP contribution in [0.4, 0.5) is 0 Å². The molecule has 2 atom stereocenters. The van der Waals surface area contributed by atoms with Gasteiger partial charge in [-0.05, 0) is 55.6 Å². The molecule has 1 heterocycles. The van der Waals surface area contributed by atoms with Crippen molar-refractivity contribution >= 4 is 0 Å². The van der Waals surface area contributed by atoms with Crippen LogP contribution in [0.5, 0.6) is 5.75 Å². The second-order valence-corrected chi connectivity index (χ2v) is 6.44. The molecule has 0 saturated carbocycles. The lowest BCUT2D eigenvalue weighted by Gasteiger charge is -2.43. The van der Waals surface area contributed by atoms with Crippen LogP contribution in [0.2, 0.25) is 0 Å². The molecule has 1 aromatic carbocycles. The number of methoxy groups -OCH3 is 1. The highest BCUT2D eigenvalue weighted by Gasteiger charge is 2.45. The zero-order chi connectivity index (χ0) is 15.0. The molecule has 3 heteroatoms. The number of benzene rings is 1. The van der Waals surface area contributed by atoms with Gasteiger partial charge in [0.25, 0.3) is 0 Å². The summed E-state index contributed by atoms with van der Waals surface area (Å²) in [5.74, 6) is 1.01. The molecule has 0 aromatic heterocycles. The quantitative estimate of drug-likeness (QED) is 0.864. The van der Waals surface area contributed by atoms with Gasteiger partial charge >= 0.3 is 0 Å². The number of ether oxygens (including phenoxy) is 1. The number of rotatable bonds is 4. The van der Waals surface area contributed by atoms with Gasteiger partial charge in [0.1, 0.15) is 5.75 Å². The maximum absolute atomic E-state index is 9.87. The van der Waals surface area contributed by atoms with Crippen LogP contribution in [-0.4, -0.2) is 36.8 Å². The Balaban J connectivity index is 2.03. The van der Waals surface area contributed by atoms with Crippen molar-refractivity contribution in [3.63, 3.8) is 0 Å². The summed E-state index contributed by atoms with van der Waals surface area (Å²) in [6, 6.07) is 4.30. The van der Waals surface area contributed by atoms with E-state index in [2.05, 4.69) is 30.2 Å². The van der Waals surface area contributed by atoms with Gasteiger partial charge in [0.05, 0.1) is 13.2 Å². The minimum atomic E-state index is -0.335. The molecule has 1 aliphatic carbocycles. The van der Waals surface area contributed by atoms with Gasteiger partial charge in [0, 0.05) is 12.0 Å². The molecule has 0 bridgehead atoms. The summed E-state index contributed by atoms with van der Waals surface area (Å²) in [4.78, 5) is 2.38. The van der Waals surface area contributed by atoms with Crippen LogP contribution in [0.25, 0.3) is 0 Å². The molecule has 21 heavy (non-hydrogen) atoms. The third kappa shape index (κ3) is 2.39. The van der Waals surface area contributed by atoms with Crippen molar-refractivity contribution in [1.82, 2.24) is 4.90 Å². The van der Waals surface area contributed by atoms with Gasteiger partial charge in [0.15, 0.2) is 0 Å². The topological polar surface area (TPSA) is 32.7 Å². The van der Waals surface area contributed by atoms with Crippen LogP contribution in [0.15, 0.2) is 24.3 Å². The number of hydrogen-bond acceptors (Lipinski definition) is 3. The molecular formula is C18H25NO2. The molecule has 3 nitrogen and oxygen atoms in total. The minimum Gasteiger partial charge on any atom is -0.496 e. The van der Waals surface area contributed by atoms with E-state index in [0.29, 0.717) is 0 Å². The number of aliphatic hydroxyl groups excluding tert-OH is 1.